The highest BCUT2D eigenvalue weighted by Crippen LogP contribution is 2.23. The number of nitrogens with one attached hydrogen (secondary N) is 1. The van der Waals surface area contributed by atoms with Crippen molar-refractivity contribution in [3.63, 3.8) is 0 Å². The van der Waals surface area contributed by atoms with Crippen LogP contribution in [0, 0.1) is 0 Å². The predicted octanol–water partition coefficient (Wildman–Crippen LogP) is 3.44. The van der Waals surface area contributed by atoms with Gasteiger partial charge in [0.1, 0.15) is 5.76 Å². The van der Waals surface area contributed by atoms with E-state index in [0.717, 1.165) is 22.8 Å². The molecule has 2 nitrogen and oxygen atoms in total. The van der Waals surface area contributed by atoms with Gasteiger partial charge in [0.2, 0.25) is 0 Å². The number of likely N-dealkylation sites (N-methyl/N-ethyl adjacent to an activating group) is 1. The van der Waals surface area contributed by atoms with E-state index in [2.05, 4.69) is 5.32 Å². The van der Waals surface area contributed by atoms with Gasteiger partial charge in [0.25, 0.3) is 0 Å². The van der Waals surface area contributed by atoms with E-state index in [0.29, 0.717) is 0 Å². The lowest BCUT2D eigenvalue weighted by atomic mass is 10.0. The van der Waals surface area contributed by atoms with E-state index in [1.54, 1.807) is 6.26 Å². The van der Waals surface area contributed by atoms with Gasteiger partial charge in [0.15, 0.2) is 0 Å². The summed E-state index contributed by atoms with van der Waals surface area (Å²) in [5, 5.41) is 4.03. The van der Waals surface area contributed by atoms with Crippen molar-refractivity contribution in [2.45, 2.75) is 12.5 Å². The molecule has 2 aromatic rings. The molecule has 1 N–H and O–H groups in total. The van der Waals surface area contributed by atoms with Crippen LogP contribution in [0.25, 0.3) is 0 Å². The monoisotopic (exact) mass is 235 g/mol. The maximum atomic E-state index is 6.13. The van der Waals surface area contributed by atoms with Gasteiger partial charge in [-0.3, -0.25) is 0 Å². The van der Waals surface area contributed by atoms with Crippen molar-refractivity contribution in [2.24, 2.45) is 0 Å². The van der Waals surface area contributed by atoms with Gasteiger partial charge < -0.3 is 9.73 Å². The van der Waals surface area contributed by atoms with Crippen LogP contribution in [0.3, 0.4) is 0 Å². The summed E-state index contributed by atoms with van der Waals surface area (Å²) < 4.78 is 5.39. The first-order valence-corrected chi connectivity index (χ1v) is 5.63. The minimum atomic E-state index is 0.162. The zero-order chi connectivity index (χ0) is 11.4. The van der Waals surface area contributed by atoms with Crippen molar-refractivity contribution in [1.29, 1.82) is 0 Å². The van der Waals surface area contributed by atoms with Gasteiger partial charge in [-0.25, -0.2) is 0 Å². The molecule has 1 aromatic carbocycles. The minimum absolute atomic E-state index is 0.162. The summed E-state index contributed by atoms with van der Waals surface area (Å²) in [5.74, 6) is 0.933. The summed E-state index contributed by atoms with van der Waals surface area (Å²) in [6.45, 7) is 0. The van der Waals surface area contributed by atoms with E-state index in [-0.39, 0.29) is 6.04 Å². The lowest BCUT2D eigenvalue weighted by Gasteiger charge is -2.14. The van der Waals surface area contributed by atoms with Crippen molar-refractivity contribution in [1.82, 2.24) is 5.32 Å². The number of rotatable bonds is 4. The predicted molar refractivity (Wildman–Crippen MR) is 65.7 cm³/mol. The zero-order valence-corrected chi connectivity index (χ0v) is 9.87. The third kappa shape index (κ3) is 2.46. The minimum Gasteiger partial charge on any atom is -0.468 e. The van der Waals surface area contributed by atoms with Gasteiger partial charge in [-0.2, -0.15) is 0 Å². The number of benzene rings is 1. The van der Waals surface area contributed by atoms with Crippen LogP contribution in [0.4, 0.5) is 0 Å². The number of furan rings is 1. The molecular weight excluding hydrogens is 222 g/mol. The molecule has 0 aliphatic heterocycles. The first-order valence-electron chi connectivity index (χ1n) is 5.25. The van der Waals surface area contributed by atoms with E-state index >= 15 is 0 Å². The number of hydrogen-bond donors (Lipinski definition) is 1. The molecule has 16 heavy (non-hydrogen) atoms. The molecule has 1 atom stereocenters. The third-order valence-electron chi connectivity index (χ3n) is 2.62. The summed E-state index contributed by atoms with van der Waals surface area (Å²) in [4.78, 5) is 0. The first kappa shape index (κ1) is 11.2. The lowest BCUT2D eigenvalue weighted by Crippen LogP contribution is -2.18. The van der Waals surface area contributed by atoms with Gasteiger partial charge in [0.05, 0.1) is 12.3 Å². The number of halogens is 1. The van der Waals surface area contributed by atoms with E-state index in [1.165, 1.54) is 0 Å². The van der Waals surface area contributed by atoms with Gasteiger partial charge in [0, 0.05) is 5.02 Å². The zero-order valence-electron chi connectivity index (χ0n) is 9.11. The molecule has 0 radical (unpaired) electrons. The molecule has 1 aromatic heterocycles. The molecule has 3 heteroatoms. The molecule has 0 fully saturated rings. The van der Waals surface area contributed by atoms with Gasteiger partial charge in [-0.1, -0.05) is 29.8 Å². The largest absolute Gasteiger partial charge is 0.468 e. The molecule has 2 rings (SSSR count). The fraction of sp³-hybridized carbons (Fsp3) is 0.231. The van der Waals surface area contributed by atoms with Gasteiger partial charge >= 0.3 is 0 Å². The summed E-state index contributed by atoms with van der Waals surface area (Å²) in [7, 11) is 1.92. The van der Waals surface area contributed by atoms with Gasteiger partial charge in [-0.05, 0) is 37.2 Å². The molecule has 0 aliphatic rings. The van der Waals surface area contributed by atoms with Crippen molar-refractivity contribution in [3.8, 4) is 0 Å². The second-order valence-electron chi connectivity index (χ2n) is 3.65. The highest BCUT2D eigenvalue weighted by Gasteiger charge is 2.13. The Kier molecular flexibility index (Phi) is 3.65. The average molecular weight is 236 g/mol. The standard InChI is InChI=1S/C13H14ClNO/c1-15-12(13-7-4-8-16-13)9-10-5-2-3-6-11(10)14/h2-8,12,15H,9H2,1H3/t12-/m1/s1. The quantitative estimate of drug-likeness (QED) is 0.878. The van der Waals surface area contributed by atoms with Crippen LogP contribution in [-0.4, -0.2) is 7.05 Å². The normalized spacial score (nSPS) is 12.6. The summed E-state index contributed by atoms with van der Waals surface area (Å²) >= 11 is 6.13. The Balaban J connectivity index is 2.17. The summed E-state index contributed by atoms with van der Waals surface area (Å²) in [6.07, 6.45) is 2.51. The van der Waals surface area contributed by atoms with E-state index < -0.39 is 0 Å². The van der Waals surface area contributed by atoms with E-state index in [4.69, 9.17) is 16.0 Å². The molecule has 1 heterocycles. The van der Waals surface area contributed by atoms with Crippen molar-refractivity contribution < 1.29 is 4.42 Å². The van der Waals surface area contributed by atoms with Crippen LogP contribution in [0.15, 0.2) is 47.1 Å². The summed E-state index contributed by atoms with van der Waals surface area (Å²) in [5.41, 5.74) is 1.12. The highest BCUT2D eigenvalue weighted by atomic mass is 35.5. The van der Waals surface area contributed by atoms with Crippen LogP contribution in [0.2, 0.25) is 5.02 Å². The summed E-state index contributed by atoms with van der Waals surface area (Å²) in [6, 6.07) is 11.9. The van der Waals surface area contributed by atoms with Crippen LogP contribution >= 0.6 is 11.6 Å². The third-order valence-corrected chi connectivity index (χ3v) is 2.99. The Morgan fingerprint density at radius 1 is 1.25 bits per heavy atom. The molecule has 0 amide bonds. The maximum Gasteiger partial charge on any atom is 0.121 e. The van der Waals surface area contributed by atoms with Crippen LogP contribution in [0.1, 0.15) is 17.4 Å². The Hall–Kier alpha value is -1.25. The lowest BCUT2D eigenvalue weighted by molar-refractivity contribution is 0.429. The Morgan fingerprint density at radius 2 is 2.06 bits per heavy atom. The Bertz CT molecular complexity index is 439. The highest BCUT2D eigenvalue weighted by molar-refractivity contribution is 6.31. The van der Waals surface area contributed by atoms with Crippen LogP contribution in [0.5, 0.6) is 0 Å². The first-order chi connectivity index (χ1) is 7.81. The van der Waals surface area contributed by atoms with Crippen molar-refractivity contribution in [2.75, 3.05) is 7.05 Å². The Labute approximate surface area is 100 Å². The second-order valence-corrected chi connectivity index (χ2v) is 4.06. The molecule has 84 valence electrons. The fourth-order valence-corrected chi connectivity index (χ4v) is 1.93. The van der Waals surface area contributed by atoms with Crippen LogP contribution < -0.4 is 5.32 Å². The molecular formula is C13H14ClNO. The topological polar surface area (TPSA) is 25.2 Å². The van der Waals surface area contributed by atoms with E-state index in [9.17, 15) is 0 Å². The molecule has 0 aliphatic carbocycles. The number of hydrogen-bond acceptors (Lipinski definition) is 2. The SMILES string of the molecule is CN[C@H](Cc1ccccc1Cl)c1ccco1. The molecule has 0 unspecified atom stereocenters. The smallest absolute Gasteiger partial charge is 0.121 e. The molecule has 0 saturated heterocycles. The molecule has 0 spiro atoms. The maximum absolute atomic E-state index is 6.13. The van der Waals surface area contributed by atoms with Crippen LogP contribution in [-0.2, 0) is 6.42 Å². The van der Waals surface area contributed by atoms with E-state index in [1.807, 2.05) is 43.4 Å². The van der Waals surface area contributed by atoms with Crippen molar-refractivity contribution in [3.05, 3.63) is 59.0 Å². The molecule has 0 saturated carbocycles. The Morgan fingerprint density at radius 3 is 2.69 bits per heavy atom. The second kappa shape index (κ2) is 5.19. The fourth-order valence-electron chi connectivity index (χ4n) is 1.72. The average Bonchev–Trinajstić information content (AvgIpc) is 2.81. The van der Waals surface area contributed by atoms with Crippen molar-refractivity contribution >= 4 is 11.6 Å². The van der Waals surface area contributed by atoms with Gasteiger partial charge in [-0.15, -0.1) is 0 Å². The molecule has 0 bridgehead atoms.